The smallest absolute Gasteiger partial charge is 0.251 e. The second-order valence-electron chi connectivity index (χ2n) is 7.39. The van der Waals surface area contributed by atoms with Gasteiger partial charge in [-0.3, -0.25) is 24.6 Å². The molecule has 3 aliphatic heterocycles. The van der Waals surface area contributed by atoms with Gasteiger partial charge in [0.1, 0.15) is 6.04 Å². The molecular weight excluding hydrogens is 322 g/mol. The third-order valence-electron chi connectivity index (χ3n) is 5.93. The standard InChI is InChI=1S/C17H25N5O3/c23-14-5-4-13(16(24)20-14)22-17(25)15-11(10-19-22)2-1-3-12(15)21-8-6-18-7-9-21/h10-13,15,18H,1-9H2,(H,20,23,24). The minimum atomic E-state index is -0.659. The summed E-state index contributed by atoms with van der Waals surface area (Å²) in [5, 5.41) is 11.4. The molecule has 0 spiro atoms. The van der Waals surface area contributed by atoms with Gasteiger partial charge in [-0.25, -0.2) is 5.01 Å². The number of carbonyl (C=O) groups excluding carboxylic acids is 3. The van der Waals surface area contributed by atoms with Crippen molar-refractivity contribution >= 4 is 23.9 Å². The van der Waals surface area contributed by atoms with Crippen LogP contribution >= 0.6 is 0 Å². The summed E-state index contributed by atoms with van der Waals surface area (Å²) in [6.07, 6.45) is 5.57. The van der Waals surface area contributed by atoms with Gasteiger partial charge < -0.3 is 5.32 Å². The molecule has 8 heteroatoms. The predicted molar refractivity (Wildman–Crippen MR) is 90.6 cm³/mol. The van der Waals surface area contributed by atoms with Gasteiger partial charge in [0.2, 0.25) is 11.8 Å². The van der Waals surface area contributed by atoms with E-state index in [9.17, 15) is 14.4 Å². The maximum atomic E-state index is 13.2. The van der Waals surface area contributed by atoms with Crippen LogP contribution in [0.25, 0.3) is 0 Å². The molecule has 3 fully saturated rings. The van der Waals surface area contributed by atoms with E-state index in [0.717, 1.165) is 45.4 Å². The Kier molecular flexibility index (Phi) is 4.56. The van der Waals surface area contributed by atoms with Crippen molar-refractivity contribution in [1.82, 2.24) is 20.5 Å². The molecule has 1 saturated carbocycles. The molecule has 2 N–H and O–H groups in total. The van der Waals surface area contributed by atoms with Crippen molar-refractivity contribution in [2.45, 2.75) is 44.2 Å². The Morgan fingerprint density at radius 1 is 1.08 bits per heavy atom. The highest BCUT2D eigenvalue weighted by molar-refractivity contribution is 6.02. The number of piperazine rings is 1. The van der Waals surface area contributed by atoms with E-state index < -0.39 is 11.9 Å². The Morgan fingerprint density at radius 2 is 1.88 bits per heavy atom. The fourth-order valence-electron chi connectivity index (χ4n) is 4.66. The van der Waals surface area contributed by atoms with Crippen molar-refractivity contribution in [2.24, 2.45) is 16.9 Å². The number of amides is 3. The minimum absolute atomic E-state index is 0.0507. The number of rotatable bonds is 2. The van der Waals surface area contributed by atoms with Crippen LogP contribution in [0.15, 0.2) is 5.10 Å². The highest BCUT2D eigenvalue weighted by Crippen LogP contribution is 2.37. The molecule has 3 amide bonds. The van der Waals surface area contributed by atoms with Gasteiger partial charge in [0, 0.05) is 50.8 Å². The van der Waals surface area contributed by atoms with E-state index in [1.807, 2.05) is 6.21 Å². The van der Waals surface area contributed by atoms with Gasteiger partial charge in [0.15, 0.2) is 0 Å². The zero-order chi connectivity index (χ0) is 17.4. The third-order valence-corrected chi connectivity index (χ3v) is 5.93. The van der Waals surface area contributed by atoms with Crippen LogP contribution in [-0.2, 0) is 14.4 Å². The molecule has 0 radical (unpaired) electrons. The molecule has 0 aromatic carbocycles. The largest absolute Gasteiger partial charge is 0.314 e. The Morgan fingerprint density at radius 3 is 2.64 bits per heavy atom. The highest BCUT2D eigenvalue weighted by Gasteiger charge is 2.47. The monoisotopic (exact) mass is 347 g/mol. The molecule has 0 bridgehead atoms. The summed E-state index contributed by atoms with van der Waals surface area (Å²) in [4.78, 5) is 39.2. The lowest BCUT2D eigenvalue weighted by Gasteiger charge is -2.47. The summed E-state index contributed by atoms with van der Waals surface area (Å²) < 4.78 is 0. The molecule has 8 nitrogen and oxygen atoms in total. The average molecular weight is 347 g/mol. The zero-order valence-corrected chi connectivity index (χ0v) is 14.3. The zero-order valence-electron chi connectivity index (χ0n) is 14.3. The van der Waals surface area contributed by atoms with E-state index in [2.05, 4.69) is 20.6 Å². The van der Waals surface area contributed by atoms with Gasteiger partial charge in [0.05, 0.1) is 5.92 Å². The quantitative estimate of drug-likeness (QED) is 0.645. The normalized spacial score (nSPS) is 37.0. The number of piperidine rings is 1. The molecule has 3 heterocycles. The van der Waals surface area contributed by atoms with Crippen LogP contribution < -0.4 is 10.6 Å². The summed E-state index contributed by atoms with van der Waals surface area (Å²) in [6, 6.07) is -0.441. The van der Waals surface area contributed by atoms with Crippen LogP contribution in [0.4, 0.5) is 0 Å². The van der Waals surface area contributed by atoms with Crippen LogP contribution in [0.5, 0.6) is 0 Å². The molecule has 25 heavy (non-hydrogen) atoms. The van der Waals surface area contributed by atoms with Crippen molar-refractivity contribution in [3.05, 3.63) is 0 Å². The fraction of sp³-hybridized carbons (Fsp3) is 0.765. The van der Waals surface area contributed by atoms with Gasteiger partial charge in [-0.2, -0.15) is 5.10 Å². The lowest BCUT2D eigenvalue weighted by Crippen LogP contribution is -2.61. The van der Waals surface area contributed by atoms with E-state index in [1.54, 1.807) is 0 Å². The third kappa shape index (κ3) is 3.08. The SMILES string of the molecule is O=C1CCC(N2N=CC3CCCC(N4CCNCC4)C3C2=O)C(=O)N1. The Hall–Kier alpha value is -1.80. The van der Waals surface area contributed by atoms with Gasteiger partial charge in [-0.05, 0) is 19.3 Å². The number of hydrogen-bond acceptors (Lipinski definition) is 6. The molecule has 2 saturated heterocycles. The number of hydrazone groups is 1. The number of carbonyl (C=O) groups is 3. The van der Waals surface area contributed by atoms with E-state index >= 15 is 0 Å². The number of hydrogen-bond donors (Lipinski definition) is 2. The molecule has 4 unspecified atom stereocenters. The van der Waals surface area contributed by atoms with Crippen molar-refractivity contribution in [3.8, 4) is 0 Å². The van der Waals surface area contributed by atoms with Crippen molar-refractivity contribution in [3.63, 3.8) is 0 Å². The molecule has 4 rings (SSSR count). The first kappa shape index (κ1) is 16.7. The summed E-state index contributed by atoms with van der Waals surface area (Å²) in [7, 11) is 0. The first-order valence-electron chi connectivity index (χ1n) is 9.31. The summed E-state index contributed by atoms with van der Waals surface area (Å²) >= 11 is 0. The minimum Gasteiger partial charge on any atom is -0.314 e. The van der Waals surface area contributed by atoms with Crippen LogP contribution in [0.3, 0.4) is 0 Å². The summed E-state index contributed by atoms with van der Waals surface area (Å²) in [6.45, 7) is 3.81. The van der Waals surface area contributed by atoms with Crippen molar-refractivity contribution in [1.29, 1.82) is 0 Å². The lowest BCUT2D eigenvalue weighted by atomic mass is 9.74. The number of nitrogens with zero attached hydrogens (tertiary/aromatic N) is 3. The second-order valence-corrected chi connectivity index (χ2v) is 7.39. The van der Waals surface area contributed by atoms with Crippen LogP contribution in [0.2, 0.25) is 0 Å². The number of fused-ring (bicyclic) bond motifs is 1. The Labute approximate surface area is 147 Å². The van der Waals surface area contributed by atoms with Gasteiger partial charge in [-0.15, -0.1) is 0 Å². The van der Waals surface area contributed by atoms with E-state index in [1.165, 1.54) is 5.01 Å². The van der Waals surface area contributed by atoms with E-state index in [-0.39, 0.29) is 36.1 Å². The first-order chi connectivity index (χ1) is 12.1. The van der Waals surface area contributed by atoms with E-state index in [4.69, 9.17) is 0 Å². The fourth-order valence-corrected chi connectivity index (χ4v) is 4.66. The molecule has 136 valence electrons. The summed E-state index contributed by atoms with van der Waals surface area (Å²) in [5.41, 5.74) is 0. The highest BCUT2D eigenvalue weighted by atomic mass is 16.2. The molecule has 0 aromatic heterocycles. The van der Waals surface area contributed by atoms with Crippen molar-refractivity contribution in [2.75, 3.05) is 26.2 Å². The van der Waals surface area contributed by atoms with Gasteiger partial charge in [0.25, 0.3) is 5.91 Å². The van der Waals surface area contributed by atoms with Crippen LogP contribution in [-0.4, -0.2) is 72.1 Å². The Bertz CT molecular complexity index is 601. The maximum absolute atomic E-state index is 13.2. The van der Waals surface area contributed by atoms with E-state index in [0.29, 0.717) is 6.42 Å². The molecular formula is C17H25N5O3. The number of nitrogens with one attached hydrogen (secondary N) is 2. The summed E-state index contributed by atoms with van der Waals surface area (Å²) in [5.74, 6) is -0.704. The first-order valence-corrected chi connectivity index (χ1v) is 9.31. The number of imide groups is 1. The van der Waals surface area contributed by atoms with Gasteiger partial charge >= 0.3 is 0 Å². The predicted octanol–water partition coefficient (Wildman–Crippen LogP) is -0.690. The topological polar surface area (TPSA) is 94.1 Å². The lowest BCUT2D eigenvalue weighted by molar-refractivity contribution is -0.152. The maximum Gasteiger partial charge on any atom is 0.251 e. The second kappa shape index (κ2) is 6.84. The molecule has 1 aliphatic carbocycles. The Balaban J connectivity index is 1.56. The molecule has 4 atom stereocenters. The van der Waals surface area contributed by atoms with Crippen molar-refractivity contribution < 1.29 is 14.4 Å². The van der Waals surface area contributed by atoms with Crippen LogP contribution in [0, 0.1) is 11.8 Å². The molecule has 4 aliphatic rings. The van der Waals surface area contributed by atoms with Gasteiger partial charge in [-0.1, -0.05) is 6.42 Å². The average Bonchev–Trinajstić information content (AvgIpc) is 2.63. The van der Waals surface area contributed by atoms with Crippen LogP contribution in [0.1, 0.15) is 32.1 Å². The molecule has 0 aromatic rings.